The Morgan fingerprint density at radius 3 is 2.38 bits per heavy atom. The molecule has 0 spiro atoms. The number of nitrogens with zero attached hydrogens (tertiary/aromatic N) is 2. The highest BCUT2D eigenvalue weighted by Gasteiger charge is 2.22. The monoisotopic (exact) mass is 363 g/mol. The average Bonchev–Trinajstić information content (AvgIpc) is 2.59. The molecule has 1 heterocycles. The fourth-order valence-corrected chi connectivity index (χ4v) is 3.05. The number of benzene rings is 2. The van der Waals surface area contributed by atoms with Crippen LogP contribution < -0.4 is 10.2 Å². The Hall–Kier alpha value is -1.91. The van der Waals surface area contributed by atoms with E-state index >= 15 is 0 Å². The van der Waals surface area contributed by atoms with Crippen molar-refractivity contribution in [1.82, 2.24) is 4.90 Å². The van der Waals surface area contributed by atoms with Crippen LogP contribution in [0.1, 0.15) is 5.56 Å². The van der Waals surface area contributed by atoms with Crippen LogP contribution in [0.3, 0.4) is 0 Å². The van der Waals surface area contributed by atoms with E-state index in [0.717, 1.165) is 30.0 Å². The van der Waals surface area contributed by atoms with Gasteiger partial charge in [0.1, 0.15) is 0 Å². The number of aryl methyl sites for hydroxylation is 1. The maximum absolute atomic E-state index is 12.4. The minimum atomic E-state index is -0.0573. The predicted octanol–water partition coefficient (Wildman–Crippen LogP) is 4.66. The van der Waals surface area contributed by atoms with Crippen molar-refractivity contribution in [2.75, 3.05) is 36.4 Å². The standard InChI is InChI=1S/C18H19Cl2N3O/c1-13-4-2-3-5-17(13)21-18(24)23-10-8-22(9-11-23)14-6-7-15(19)16(20)12-14/h2-7,12H,8-11H2,1H3,(H,21,24). The highest BCUT2D eigenvalue weighted by Crippen LogP contribution is 2.27. The van der Waals surface area contributed by atoms with Gasteiger partial charge in [0, 0.05) is 37.6 Å². The molecule has 0 saturated carbocycles. The number of hydrogen-bond donors (Lipinski definition) is 1. The Morgan fingerprint density at radius 1 is 1.00 bits per heavy atom. The Labute approximate surface area is 152 Å². The first-order valence-electron chi connectivity index (χ1n) is 7.86. The van der Waals surface area contributed by atoms with Crippen molar-refractivity contribution in [3.63, 3.8) is 0 Å². The van der Waals surface area contributed by atoms with Crippen LogP contribution in [-0.4, -0.2) is 37.1 Å². The molecule has 0 unspecified atom stereocenters. The summed E-state index contributed by atoms with van der Waals surface area (Å²) >= 11 is 12.0. The summed E-state index contributed by atoms with van der Waals surface area (Å²) in [4.78, 5) is 16.5. The zero-order valence-electron chi connectivity index (χ0n) is 13.4. The number of urea groups is 1. The molecule has 24 heavy (non-hydrogen) atoms. The number of amides is 2. The molecule has 0 aromatic heterocycles. The number of rotatable bonds is 2. The number of para-hydroxylation sites is 1. The van der Waals surface area contributed by atoms with Gasteiger partial charge in [-0.2, -0.15) is 0 Å². The third kappa shape index (κ3) is 3.77. The Morgan fingerprint density at radius 2 is 1.71 bits per heavy atom. The highest BCUT2D eigenvalue weighted by atomic mass is 35.5. The molecule has 1 saturated heterocycles. The summed E-state index contributed by atoms with van der Waals surface area (Å²) < 4.78 is 0. The van der Waals surface area contributed by atoms with E-state index in [9.17, 15) is 4.79 Å². The number of anilines is 2. The van der Waals surface area contributed by atoms with E-state index in [1.54, 1.807) is 6.07 Å². The van der Waals surface area contributed by atoms with Crippen molar-refractivity contribution < 1.29 is 4.79 Å². The summed E-state index contributed by atoms with van der Waals surface area (Å²) in [6, 6.07) is 13.3. The molecule has 2 amide bonds. The van der Waals surface area contributed by atoms with Crippen LogP contribution in [0.15, 0.2) is 42.5 Å². The van der Waals surface area contributed by atoms with Gasteiger partial charge in [0.2, 0.25) is 0 Å². The van der Waals surface area contributed by atoms with E-state index in [1.165, 1.54) is 0 Å². The van der Waals surface area contributed by atoms with Gasteiger partial charge in [0.15, 0.2) is 0 Å². The maximum Gasteiger partial charge on any atom is 0.321 e. The normalized spacial score (nSPS) is 14.6. The fourth-order valence-electron chi connectivity index (χ4n) is 2.76. The van der Waals surface area contributed by atoms with Gasteiger partial charge in [-0.25, -0.2) is 4.79 Å². The zero-order chi connectivity index (χ0) is 17.1. The summed E-state index contributed by atoms with van der Waals surface area (Å²) in [6.07, 6.45) is 0. The van der Waals surface area contributed by atoms with Gasteiger partial charge in [-0.3, -0.25) is 0 Å². The Kier molecular flexibility index (Phi) is 5.17. The van der Waals surface area contributed by atoms with E-state index in [0.29, 0.717) is 23.1 Å². The second-order valence-electron chi connectivity index (χ2n) is 5.82. The van der Waals surface area contributed by atoms with Crippen LogP contribution in [0.2, 0.25) is 10.0 Å². The first kappa shape index (κ1) is 16.9. The van der Waals surface area contributed by atoms with Crippen LogP contribution >= 0.6 is 23.2 Å². The number of carbonyl (C=O) groups is 1. The summed E-state index contributed by atoms with van der Waals surface area (Å²) in [5.41, 5.74) is 2.94. The minimum Gasteiger partial charge on any atom is -0.368 e. The number of nitrogens with one attached hydrogen (secondary N) is 1. The van der Waals surface area contributed by atoms with Crippen LogP contribution in [0.4, 0.5) is 16.2 Å². The second kappa shape index (κ2) is 7.32. The topological polar surface area (TPSA) is 35.6 Å². The number of piperazine rings is 1. The average molecular weight is 364 g/mol. The minimum absolute atomic E-state index is 0.0573. The molecule has 0 atom stereocenters. The van der Waals surface area contributed by atoms with E-state index in [1.807, 2.05) is 48.2 Å². The lowest BCUT2D eigenvalue weighted by atomic mass is 10.2. The van der Waals surface area contributed by atoms with Crippen molar-refractivity contribution in [1.29, 1.82) is 0 Å². The molecular formula is C18H19Cl2N3O. The van der Waals surface area contributed by atoms with Gasteiger partial charge in [-0.05, 0) is 36.8 Å². The Balaban J connectivity index is 1.59. The van der Waals surface area contributed by atoms with E-state index < -0.39 is 0 Å². The first-order chi connectivity index (χ1) is 11.5. The van der Waals surface area contributed by atoms with Crippen molar-refractivity contribution in [2.24, 2.45) is 0 Å². The second-order valence-corrected chi connectivity index (χ2v) is 6.63. The molecule has 4 nitrogen and oxygen atoms in total. The van der Waals surface area contributed by atoms with Crippen molar-refractivity contribution in [3.05, 3.63) is 58.1 Å². The third-order valence-corrected chi connectivity index (χ3v) is 4.96. The van der Waals surface area contributed by atoms with Gasteiger partial charge >= 0.3 is 6.03 Å². The van der Waals surface area contributed by atoms with E-state index in [-0.39, 0.29) is 6.03 Å². The molecule has 2 aromatic carbocycles. The van der Waals surface area contributed by atoms with Gasteiger partial charge in [0.25, 0.3) is 0 Å². The highest BCUT2D eigenvalue weighted by molar-refractivity contribution is 6.42. The maximum atomic E-state index is 12.4. The van der Waals surface area contributed by atoms with Gasteiger partial charge < -0.3 is 15.1 Å². The van der Waals surface area contributed by atoms with Gasteiger partial charge in [0.05, 0.1) is 10.0 Å². The van der Waals surface area contributed by atoms with Crippen LogP contribution in [0.25, 0.3) is 0 Å². The molecule has 1 aliphatic heterocycles. The molecule has 1 aliphatic rings. The lowest BCUT2D eigenvalue weighted by Gasteiger charge is -2.36. The van der Waals surface area contributed by atoms with Crippen molar-refractivity contribution >= 4 is 40.6 Å². The molecule has 1 fully saturated rings. The molecular weight excluding hydrogens is 345 g/mol. The van der Waals surface area contributed by atoms with Crippen LogP contribution in [0, 0.1) is 6.92 Å². The smallest absolute Gasteiger partial charge is 0.321 e. The van der Waals surface area contributed by atoms with E-state index in [2.05, 4.69) is 10.2 Å². The molecule has 1 N–H and O–H groups in total. The first-order valence-corrected chi connectivity index (χ1v) is 8.62. The van der Waals surface area contributed by atoms with Crippen molar-refractivity contribution in [3.8, 4) is 0 Å². The third-order valence-electron chi connectivity index (χ3n) is 4.22. The SMILES string of the molecule is Cc1ccccc1NC(=O)N1CCN(c2ccc(Cl)c(Cl)c2)CC1. The number of hydrogen-bond acceptors (Lipinski definition) is 2. The summed E-state index contributed by atoms with van der Waals surface area (Å²) in [5, 5.41) is 4.08. The van der Waals surface area contributed by atoms with Crippen LogP contribution in [0.5, 0.6) is 0 Å². The largest absolute Gasteiger partial charge is 0.368 e. The Bertz CT molecular complexity index is 743. The molecule has 0 bridgehead atoms. The summed E-state index contributed by atoms with van der Waals surface area (Å²) in [5.74, 6) is 0. The van der Waals surface area contributed by atoms with E-state index in [4.69, 9.17) is 23.2 Å². The lowest BCUT2D eigenvalue weighted by Crippen LogP contribution is -2.50. The summed E-state index contributed by atoms with van der Waals surface area (Å²) in [6.45, 7) is 4.84. The number of carbonyl (C=O) groups excluding carboxylic acids is 1. The van der Waals surface area contributed by atoms with Gasteiger partial charge in [-0.1, -0.05) is 41.4 Å². The molecule has 0 aliphatic carbocycles. The predicted molar refractivity (Wildman–Crippen MR) is 100 cm³/mol. The molecule has 126 valence electrons. The summed E-state index contributed by atoms with van der Waals surface area (Å²) in [7, 11) is 0. The lowest BCUT2D eigenvalue weighted by molar-refractivity contribution is 0.208. The fraction of sp³-hybridized carbons (Fsp3) is 0.278. The van der Waals surface area contributed by atoms with Gasteiger partial charge in [-0.15, -0.1) is 0 Å². The molecule has 2 aromatic rings. The molecule has 0 radical (unpaired) electrons. The van der Waals surface area contributed by atoms with Crippen molar-refractivity contribution in [2.45, 2.75) is 6.92 Å². The zero-order valence-corrected chi connectivity index (χ0v) is 14.9. The molecule has 3 rings (SSSR count). The number of halogens is 2. The quantitative estimate of drug-likeness (QED) is 0.842. The molecule has 6 heteroatoms. The van der Waals surface area contributed by atoms with Crippen LogP contribution in [-0.2, 0) is 0 Å².